The van der Waals surface area contributed by atoms with Crippen LogP contribution in [0.4, 0.5) is 8.78 Å². The van der Waals surface area contributed by atoms with Gasteiger partial charge >= 0.3 is 11.9 Å². The summed E-state index contributed by atoms with van der Waals surface area (Å²) >= 11 is 0. The summed E-state index contributed by atoms with van der Waals surface area (Å²) < 4.78 is 34.5. The molecule has 6 unspecified atom stereocenters. The molecular formula is C32H56F2N4O10. The Balaban J connectivity index is 2.67. The van der Waals surface area contributed by atoms with Crippen molar-refractivity contribution in [1.82, 2.24) is 21.3 Å². The third kappa shape index (κ3) is 15.5. The van der Waals surface area contributed by atoms with Crippen LogP contribution in [0.5, 0.6) is 0 Å². The summed E-state index contributed by atoms with van der Waals surface area (Å²) in [4.78, 5) is 61.4. The number of ether oxygens (including phenoxy) is 1. The van der Waals surface area contributed by atoms with E-state index < -0.39 is 85.2 Å². The Morgan fingerprint density at radius 2 is 1.42 bits per heavy atom. The predicted octanol–water partition coefficient (Wildman–Crippen LogP) is 1.28. The number of alkyl halides is 2. The molecule has 1 aliphatic heterocycles. The highest BCUT2D eigenvalue weighted by Crippen LogP contribution is 2.32. The molecule has 1 fully saturated rings. The number of nitrogens with one attached hydrogen (secondary N) is 4. The quantitative estimate of drug-likeness (QED) is 0.0676. The average Bonchev–Trinajstić information content (AvgIpc) is 3.03. The van der Waals surface area contributed by atoms with Crippen molar-refractivity contribution >= 4 is 29.6 Å². The number of carbonyl (C=O) groups is 5. The highest BCUT2D eigenvalue weighted by molar-refractivity contribution is 5.93. The van der Waals surface area contributed by atoms with Crippen molar-refractivity contribution in [3.8, 4) is 0 Å². The maximum absolute atomic E-state index is 14.8. The standard InChI is InChI=1S/C32H56F2N4O10/c1-4-5-6-7-8-9-10-11-12-16-26(41)38-22(29(44)36-20(2)28(43)37-21(3)30(45)46)15-13-14-17-35-31(47)32(33,34)25-18-23(40)27(42)24(19-39)48-25/h20-25,27,39-40,42H,4-19H2,1-3H3,(H,35,47)(H,36,44)(H,37,43)(H,38,41)(H,45,46)/t20-,21?,22?,23?,24?,25?,27?/m0/s1. The van der Waals surface area contributed by atoms with Gasteiger partial charge in [-0.25, -0.2) is 0 Å². The zero-order chi connectivity index (χ0) is 36.3. The van der Waals surface area contributed by atoms with E-state index in [9.17, 15) is 48.1 Å². The Kier molecular flexibility index (Phi) is 20.3. The molecule has 0 aromatic heterocycles. The van der Waals surface area contributed by atoms with Gasteiger partial charge in [0, 0.05) is 19.4 Å². The van der Waals surface area contributed by atoms with Crippen molar-refractivity contribution in [3.63, 3.8) is 0 Å². The van der Waals surface area contributed by atoms with Crippen LogP contribution >= 0.6 is 0 Å². The maximum atomic E-state index is 14.8. The number of hydrogen-bond acceptors (Lipinski definition) is 9. The van der Waals surface area contributed by atoms with Gasteiger partial charge in [-0.1, -0.05) is 58.3 Å². The molecule has 7 atom stereocenters. The maximum Gasteiger partial charge on any atom is 0.350 e. The first-order valence-corrected chi connectivity index (χ1v) is 17.1. The summed E-state index contributed by atoms with van der Waals surface area (Å²) in [7, 11) is 0. The number of amides is 4. The van der Waals surface area contributed by atoms with Gasteiger partial charge < -0.3 is 46.4 Å². The summed E-state index contributed by atoms with van der Waals surface area (Å²) in [6, 6.07) is -3.40. The van der Waals surface area contributed by atoms with Crippen LogP contribution in [0.3, 0.4) is 0 Å². The Morgan fingerprint density at radius 1 is 0.833 bits per heavy atom. The van der Waals surface area contributed by atoms with Crippen LogP contribution in [0.2, 0.25) is 0 Å². The van der Waals surface area contributed by atoms with E-state index in [0.717, 1.165) is 25.7 Å². The average molecular weight is 695 g/mol. The molecule has 1 rings (SSSR count). The fourth-order valence-electron chi connectivity index (χ4n) is 5.19. The number of unbranched alkanes of at least 4 members (excludes halogenated alkanes) is 9. The number of carboxylic acid groups (broad SMARTS) is 1. The lowest BCUT2D eigenvalue weighted by atomic mass is 9.94. The lowest BCUT2D eigenvalue weighted by Crippen LogP contribution is -2.58. The van der Waals surface area contributed by atoms with Gasteiger partial charge in [0.1, 0.15) is 36.4 Å². The minimum Gasteiger partial charge on any atom is -0.480 e. The number of halogens is 2. The monoisotopic (exact) mass is 694 g/mol. The first kappa shape index (κ1) is 43.1. The van der Waals surface area contributed by atoms with Gasteiger partial charge in [0.25, 0.3) is 5.91 Å². The number of carboxylic acids is 1. The van der Waals surface area contributed by atoms with E-state index in [1.807, 2.05) is 0 Å². The van der Waals surface area contributed by atoms with Crippen LogP contribution in [0.15, 0.2) is 0 Å². The Hall–Kier alpha value is -2.95. The molecule has 14 nitrogen and oxygen atoms in total. The Morgan fingerprint density at radius 3 is 2.00 bits per heavy atom. The molecular weight excluding hydrogens is 638 g/mol. The molecule has 0 saturated carbocycles. The minimum absolute atomic E-state index is 0.0511. The van der Waals surface area contributed by atoms with Crippen molar-refractivity contribution in [3.05, 3.63) is 0 Å². The number of aliphatic hydroxyl groups is 3. The summed E-state index contributed by atoms with van der Waals surface area (Å²) in [6.45, 7) is 3.73. The zero-order valence-electron chi connectivity index (χ0n) is 28.3. The predicted molar refractivity (Wildman–Crippen MR) is 171 cm³/mol. The van der Waals surface area contributed by atoms with Gasteiger partial charge in [0.15, 0.2) is 0 Å². The fraction of sp³-hybridized carbons (Fsp3) is 0.844. The highest BCUT2D eigenvalue weighted by atomic mass is 19.3. The second-order valence-electron chi connectivity index (χ2n) is 12.5. The summed E-state index contributed by atoms with van der Waals surface area (Å²) in [5.41, 5.74) is 0. The van der Waals surface area contributed by atoms with Crippen LogP contribution < -0.4 is 21.3 Å². The SMILES string of the molecule is CCCCCCCCCCCC(=O)NC(CCCCNC(=O)C(F)(F)C1CC(O)C(O)C(CO)O1)C(=O)N[C@@H](C)C(=O)NC(C)C(=O)O. The van der Waals surface area contributed by atoms with Crippen molar-refractivity contribution in [2.75, 3.05) is 13.2 Å². The Labute approximate surface area is 281 Å². The van der Waals surface area contributed by atoms with E-state index in [1.165, 1.54) is 39.5 Å². The van der Waals surface area contributed by atoms with Crippen molar-refractivity contribution in [2.24, 2.45) is 0 Å². The number of aliphatic carboxylic acids is 1. The first-order chi connectivity index (χ1) is 22.6. The van der Waals surface area contributed by atoms with E-state index in [-0.39, 0.29) is 38.1 Å². The fourth-order valence-corrected chi connectivity index (χ4v) is 5.19. The van der Waals surface area contributed by atoms with Gasteiger partial charge in [-0.3, -0.25) is 24.0 Å². The second-order valence-corrected chi connectivity index (χ2v) is 12.5. The van der Waals surface area contributed by atoms with Crippen LogP contribution in [0, 0.1) is 0 Å². The van der Waals surface area contributed by atoms with E-state index in [2.05, 4.69) is 28.2 Å². The molecule has 1 aliphatic rings. The topological polar surface area (TPSA) is 224 Å². The number of hydrogen-bond donors (Lipinski definition) is 8. The van der Waals surface area contributed by atoms with Crippen molar-refractivity contribution < 1.29 is 57.9 Å². The molecule has 48 heavy (non-hydrogen) atoms. The van der Waals surface area contributed by atoms with E-state index >= 15 is 0 Å². The molecule has 0 aromatic rings. The number of carbonyl (C=O) groups excluding carboxylic acids is 4. The number of rotatable bonds is 24. The summed E-state index contributed by atoms with van der Waals surface area (Å²) in [6.07, 6.45) is 2.64. The summed E-state index contributed by atoms with van der Waals surface area (Å²) in [5, 5.41) is 47.3. The molecule has 0 aliphatic carbocycles. The molecule has 0 bridgehead atoms. The first-order valence-electron chi connectivity index (χ1n) is 17.1. The zero-order valence-corrected chi connectivity index (χ0v) is 28.3. The van der Waals surface area contributed by atoms with Gasteiger partial charge in [-0.15, -0.1) is 0 Å². The Bertz CT molecular complexity index is 1020. The van der Waals surface area contributed by atoms with Gasteiger partial charge in [-0.05, 0) is 39.5 Å². The molecule has 16 heteroatoms. The molecule has 1 saturated heterocycles. The molecule has 8 N–H and O–H groups in total. The van der Waals surface area contributed by atoms with Gasteiger partial charge in [-0.2, -0.15) is 8.78 Å². The molecule has 4 amide bonds. The van der Waals surface area contributed by atoms with Crippen LogP contribution in [-0.2, 0) is 28.7 Å². The van der Waals surface area contributed by atoms with Gasteiger partial charge in [0.2, 0.25) is 17.7 Å². The van der Waals surface area contributed by atoms with Crippen molar-refractivity contribution in [2.45, 2.75) is 159 Å². The van der Waals surface area contributed by atoms with E-state index in [4.69, 9.17) is 9.84 Å². The van der Waals surface area contributed by atoms with Crippen LogP contribution in [0.25, 0.3) is 0 Å². The third-order valence-corrected chi connectivity index (χ3v) is 8.30. The molecule has 278 valence electrons. The lowest BCUT2D eigenvalue weighted by molar-refractivity contribution is -0.235. The van der Waals surface area contributed by atoms with E-state index in [1.54, 1.807) is 0 Å². The molecule has 0 aromatic carbocycles. The molecule has 0 radical (unpaired) electrons. The largest absolute Gasteiger partial charge is 0.480 e. The molecule has 1 heterocycles. The second kappa shape index (κ2) is 22.6. The van der Waals surface area contributed by atoms with Crippen molar-refractivity contribution in [1.29, 1.82) is 0 Å². The number of aliphatic hydroxyl groups excluding tert-OH is 3. The lowest BCUT2D eigenvalue weighted by Gasteiger charge is -2.38. The normalized spacial score (nSPS) is 21.4. The van der Waals surface area contributed by atoms with E-state index in [0.29, 0.717) is 6.42 Å². The third-order valence-electron chi connectivity index (χ3n) is 8.30. The van der Waals surface area contributed by atoms with Gasteiger partial charge in [0.05, 0.1) is 12.7 Å². The summed E-state index contributed by atoms with van der Waals surface area (Å²) in [5.74, 6) is -8.81. The smallest absolute Gasteiger partial charge is 0.350 e. The van der Waals surface area contributed by atoms with Crippen LogP contribution in [-0.4, -0.2) is 112 Å². The minimum atomic E-state index is -4.07. The molecule has 0 spiro atoms. The highest BCUT2D eigenvalue weighted by Gasteiger charge is 2.53. The van der Waals surface area contributed by atoms with Crippen LogP contribution in [0.1, 0.15) is 111 Å².